The Morgan fingerprint density at radius 3 is 2.03 bits per heavy atom. The van der Waals surface area contributed by atoms with Gasteiger partial charge in [-0.05, 0) is 62.8 Å². The SMILES string of the molecule is C[C@H](CC[C@H](NC(=O)OCC1c2ccccc2-c2ccccc21)[C@@H](C)NC(=O)OC(C)(C)C)C(N)=S. The average Bonchev–Trinajstić information content (AvgIpc) is 3.12. The van der Waals surface area contributed by atoms with Crippen molar-refractivity contribution in [3.05, 3.63) is 59.7 Å². The van der Waals surface area contributed by atoms with Crippen LogP contribution in [-0.4, -0.2) is 41.5 Å². The van der Waals surface area contributed by atoms with E-state index in [2.05, 4.69) is 34.9 Å². The lowest BCUT2D eigenvalue weighted by atomic mass is 9.97. The lowest BCUT2D eigenvalue weighted by Crippen LogP contribution is -2.51. The largest absolute Gasteiger partial charge is 0.449 e. The summed E-state index contributed by atoms with van der Waals surface area (Å²) in [4.78, 5) is 25.6. The van der Waals surface area contributed by atoms with Crippen LogP contribution < -0.4 is 16.4 Å². The minimum absolute atomic E-state index is 0.000499. The predicted octanol–water partition coefficient (Wildman–Crippen LogP) is 5.51. The molecular weight excluding hydrogens is 474 g/mol. The number of fused-ring (bicyclic) bond motifs is 3. The normalized spacial score (nSPS) is 15.1. The van der Waals surface area contributed by atoms with Crippen molar-refractivity contribution in [3.63, 3.8) is 0 Å². The summed E-state index contributed by atoms with van der Waals surface area (Å²) in [6.45, 7) is 9.38. The van der Waals surface area contributed by atoms with Gasteiger partial charge in [-0.15, -0.1) is 0 Å². The van der Waals surface area contributed by atoms with E-state index in [-0.39, 0.29) is 18.4 Å². The Balaban J connectivity index is 1.66. The van der Waals surface area contributed by atoms with Crippen LogP contribution >= 0.6 is 12.2 Å². The summed E-state index contributed by atoms with van der Waals surface area (Å²) in [7, 11) is 0. The Morgan fingerprint density at radius 1 is 0.944 bits per heavy atom. The summed E-state index contributed by atoms with van der Waals surface area (Å²) in [5, 5.41) is 5.76. The Kier molecular flexibility index (Phi) is 8.95. The van der Waals surface area contributed by atoms with Crippen molar-refractivity contribution in [3.8, 4) is 11.1 Å². The molecule has 1 aliphatic carbocycles. The Bertz CT molecular complexity index is 1050. The van der Waals surface area contributed by atoms with E-state index in [4.69, 9.17) is 27.4 Å². The van der Waals surface area contributed by atoms with Gasteiger partial charge in [0.15, 0.2) is 0 Å². The molecule has 1 aliphatic rings. The van der Waals surface area contributed by atoms with E-state index in [1.165, 1.54) is 11.1 Å². The average molecular weight is 512 g/mol. The monoisotopic (exact) mass is 511 g/mol. The maximum Gasteiger partial charge on any atom is 0.407 e. The first-order valence-corrected chi connectivity index (χ1v) is 12.8. The second-order valence-electron chi connectivity index (χ2n) is 10.4. The highest BCUT2D eigenvalue weighted by molar-refractivity contribution is 7.80. The highest BCUT2D eigenvalue weighted by atomic mass is 32.1. The number of amides is 2. The van der Waals surface area contributed by atoms with Gasteiger partial charge in [0.1, 0.15) is 12.2 Å². The number of carbonyl (C=O) groups excluding carboxylic acids is 2. The number of hydrogen-bond acceptors (Lipinski definition) is 5. The summed E-state index contributed by atoms with van der Waals surface area (Å²) in [6.07, 6.45) is 0.128. The molecule has 2 aromatic rings. The fourth-order valence-corrected chi connectivity index (χ4v) is 4.52. The van der Waals surface area contributed by atoms with Crippen LogP contribution in [0.15, 0.2) is 48.5 Å². The van der Waals surface area contributed by atoms with Gasteiger partial charge in [0.2, 0.25) is 0 Å². The van der Waals surface area contributed by atoms with Gasteiger partial charge in [-0.2, -0.15) is 0 Å². The molecule has 3 rings (SSSR count). The second kappa shape index (κ2) is 11.7. The number of thiocarbonyl (C=S) groups is 1. The zero-order chi connectivity index (χ0) is 26.5. The van der Waals surface area contributed by atoms with Crippen molar-refractivity contribution in [2.75, 3.05) is 6.61 Å². The van der Waals surface area contributed by atoms with Gasteiger partial charge in [0.05, 0.1) is 11.0 Å². The number of rotatable bonds is 9. The molecule has 194 valence electrons. The van der Waals surface area contributed by atoms with Crippen molar-refractivity contribution >= 4 is 29.4 Å². The van der Waals surface area contributed by atoms with E-state index in [9.17, 15) is 9.59 Å². The lowest BCUT2D eigenvalue weighted by molar-refractivity contribution is 0.0493. The van der Waals surface area contributed by atoms with Gasteiger partial charge in [-0.1, -0.05) is 67.7 Å². The van der Waals surface area contributed by atoms with Crippen LogP contribution in [0, 0.1) is 5.92 Å². The number of hydrogen-bond donors (Lipinski definition) is 3. The molecule has 8 heteroatoms. The molecule has 0 spiro atoms. The maximum atomic E-state index is 12.9. The topological polar surface area (TPSA) is 103 Å². The van der Waals surface area contributed by atoms with E-state index in [1.807, 2.05) is 38.1 Å². The molecule has 2 aromatic carbocycles. The predicted molar refractivity (Wildman–Crippen MR) is 146 cm³/mol. The van der Waals surface area contributed by atoms with Crippen molar-refractivity contribution < 1.29 is 19.1 Å². The minimum atomic E-state index is -0.625. The molecule has 0 unspecified atom stereocenters. The Hall–Kier alpha value is -3.13. The van der Waals surface area contributed by atoms with E-state index in [0.29, 0.717) is 17.8 Å². The third-order valence-electron chi connectivity index (χ3n) is 6.39. The van der Waals surface area contributed by atoms with Crippen LogP contribution in [0.5, 0.6) is 0 Å². The summed E-state index contributed by atoms with van der Waals surface area (Å²) in [6, 6.07) is 15.6. The Morgan fingerprint density at radius 2 is 1.50 bits per heavy atom. The Labute approximate surface area is 219 Å². The number of nitrogens with two attached hydrogens (primary N) is 1. The molecule has 0 heterocycles. The first-order valence-electron chi connectivity index (χ1n) is 12.4. The van der Waals surface area contributed by atoms with Crippen molar-refractivity contribution in [2.45, 2.75) is 71.1 Å². The second-order valence-corrected chi connectivity index (χ2v) is 10.9. The van der Waals surface area contributed by atoms with Crippen LogP contribution in [0.1, 0.15) is 64.5 Å². The molecule has 0 radical (unpaired) electrons. The molecule has 2 amide bonds. The highest BCUT2D eigenvalue weighted by Gasteiger charge is 2.30. The number of ether oxygens (including phenoxy) is 2. The standard InChI is InChI=1S/C28H37N3O4S/c1-17(25(29)36)14-15-24(18(2)30-27(33)35-28(3,4)5)31-26(32)34-16-23-21-12-8-6-10-19(21)20-11-7-9-13-22(20)23/h6-13,17-18,23-24H,14-16H2,1-5H3,(H2,29,36)(H,30,33)(H,31,32)/t17-,18-,24+/m1/s1. The lowest BCUT2D eigenvalue weighted by Gasteiger charge is -2.28. The fraction of sp³-hybridized carbons (Fsp3) is 0.464. The first-order chi connectivity index (χ1) is 17.0. The third kappa shape index (κ3) is 7.20. The van der Waals surface area contributed by atoms with Crippen molar-refractivity contribution in [1.29, 1.82) is 0 Å². The van der Waals surface area contributed by atoms with Crippen molar-refractivity contribution in [2.24, 2.45) is 11.7 Å². The van der Waals surface area contributed by atoms with Crippen LogP contribution in [-0.2, 0) is 9.47 Å². The molecule has 36 heavy (non-hydrogen) atoms. The maximum absolute atomic E-state index is 12.9. The summed E-state index contributed by atoms with van der Waals surface area (Å²) in [5.41, 5.74) is 9.78. The van der Waals surface area contributed by atoms with E-state index in [0.717, 1.165) is 11.1 Å². The van der Waals surface area contributed by atoms with Gasteiger partial charge in [0.25, 0.3) is 0 Å². The quantitative estimate of drug-likeness (QED) is 0.384. The molecule has 0 saturated carbocycles. The number of alkyl carbamates (subject to hydrolysis) is 2. The fourth-order valence-electron chi connectivity index (χ4n) is 4.40. The summed E-state index contributed by atoms with van der Waals surface area (Å²) < 4.78 is 11.1. The summed E-state index contributed by atoms with van der Waals surface area (Å²) >= 11 is 5.10. The molecule has 0 aliphatic heterocycles. The zero-order valence-corrected chi connectivity index (χ0v) is 22.5. The molecule has 3 atom stereocenters. The van der Waals surface area contributed by atoms with Gasteiger partial charge in [-0.25, -0.2) is 9.59 Å². The molecular formula is C28H37N3O4S. The molecule has 0 fully saturated rings. The smallest absolute Gasteiger partial charge is 0.407 e. The third-order valence-corrected chi connectivity index (χ3v) is 6.79. The van der Waals surface area contributed by atoms with Crippen LogP contribution in [0.3, 0.4) is 0 Å². The molecule has 0 aromatic heterocycles. The van der Waals surface area contributed by atoms with Crippen LogP contribution in [0.4, 0.5) is 9.59 Å². The van der Waals surface area contributed by atoms with Gasteiger partial charge in [-0.3, -0.25) is 0 Å². The summed E-state index contributed by atoms with van der Waals surface area (Å²) in [5.74, 6) is -0.0333. The van der Waals surface area contributed by atoms with E-state index in [1.54, 1.807) is 20.8 Å². The molecule has 0 saturated heterocycles. The van der Waals surface area contributed by atoms with Gasteiger partial charge < -0.3 is 25.8 Å². The van der Waals surface area contributed by atoms with Gasteiger partial charge >= 0.3 is 12.2 Å². The number of carbonyl (C=O) groups is 2. The first kappa shape index (κ1) is 27.5. The number of benzene rings is 2. The number of nitrogens with one attached hydrogen (secondary N) is 2. The van der Waals surface area contributed by atoms with Crippen LogP contribution in [0.25, 0.3) is 11.1 Å². The molecule has 0 bridgehead atoms. The highest BCUT2D eigenvalue weighted by Crippen LogP contribution is 2.44. The molecule has 4 N–H and O–H groups in total. The van der Waals surface area contributed by atoms with E-state index >= 15 is 0 Å². The van der Waals surface area contributed by atoms with Gasteiger partial charge in [0, 0.05) is 17.9 Å². The van der Waals surface area contributed by atoms with Crippen molar-refractivity contribution in [1.82, 2.24) is 10.6 Å². The van der Waals surface area contributed by atoms with Crippen LogP contribution in [0.2, 0.25) is 0 Å². The zero-order valence-electron chi connectivity index (χ0n) is 21.7. The minimum Gasteiger partial charge on any atom is -0.449 e. The van der Waals surface area contributed by atoms with E-state index < -0.39 is 29.9 Å². The molecule has 7 nitrogen and oxygen atoms in total.